The van der Waals surface area contributed by atoms with Crippen LogP contribution in [0.2, 0.25) is 0 Å². The molecule has 4 nitrogen and oxygen atoms in total. The number of amides is 1. The number of hydrogen-bond acceptors (Lipinski definition) is 3. The number of hydrogen-bond donors (Lipinski definition) is 2. The number of nitrogens with zero attached hydrogens (tertiary/aromatic N) is 1. The summed E-state index contributed by atoms with van der Waals surface area (Å²) in [6.07, 6.45) is 3.94. The molecular formula is C19H26Cl3N3O. The van der Waals surface area contributed by atoms with Crippen molar-refractivity contribution in [2.75, 3.05) is 26.2 Å². The predicted octanol–water partition coefficient (Wildman–Crippen LogP) is 3.68. The van der Waals surface area contributed by atoms with Crippen molar-refractivity contribution in [1.82, 2.24) is 15.5 Å². The van der Waals surface area contributed by atoms with Crippen LogP contribution in [-0.2, 0) is 4.79 Å². The lowest BCUT2D eigenvalue weighted by atomic mass is 10.1. The van der Waals surface area contributed by atoms with Gasteiger partial charge in [-0.3, -0.25) is 10.1 Å². The van der Waals surface area contributed by atoms with Gasteiger partial charge in [0.2, 0.25) is 9.70 Å². The second kappa shape index (κ2) is 9.11. The third-order valence-corrected chi connectivity index (χ3v) is 5.85. The number of benzene rings is 1. The lowest BCUT2D eigenvalue weighted by Gasteiger charge is -2.30. The summed E-state index contributed by atoms with van der Waals surface area (Å²) in [5.74, 6) is 0.164. The van der Waals surface area contributed by atoms with Crippen LogP contribution in [0.5, 0.6) is 0 Å². The van der Waals surface area contributed by atoms with Crippen LogP contribution in [0.15, 0.2) is 30.3 Å². The molecule has 1 saturated heterocycles. The number of piperidine rings is 1. The molecular weight excluding hydrogens is 393 g/mol. The van der Waals surface area contributed by atoms with E-state index >= 15 is 0 Å². The number of halogens is 3. The molecule has 2 N–H and O–H groups in total. The standard InChI is InChI=1S/C19H26Cl3N3O/c20-19(21,22)18(23-9-12-25-10-5-2-6-11-25)24-17(26)16-13-15(16)14-7-3-1-4-8-14/h1,3-4,7-8,15-16,18,23H,2,5-6,9-13H2,(H,24,26)/t15-,16-,18-/m1/s1. The van der Waals surface area contributed by atoms with Crippen LogP contribution in [0.25, 0.3) is 0 Å². The smallest absolute Gasteiger partial charge is 0.225 e. The first kappa shape index (κ1) is 20.2. The van der Waals surface area contributed by atoms with E-state index in [1.807, 2.05) is 18.2 Å². The van der Waals surface area contributed by atoms with Gasteiger partial charge in [0.25, 0.3) is 0 Å². The third-order valence-electron chi connectivity index (χ3n) is 5.19. The SMILES string of the molecule is O=C(N[C@@H](NCCN1CCCCC1)C(Cl)(Cl)Cl)[C@@H]1C[C@@H]1c1ccccc1. The molecule has 1 heterocycles. The van der Waals surface area contributed by atoms with Gasteiger partial charge in [0, 0.05) is 19.0 Å². The maximum atomic E-state index is 12.6. The number of alkyl halides is 3. The van der Waals surface area contributed by atoms with Gasteiger partial charge >= 0.3 is 0 Å². The molecule has 1 aromatic rings. The molecule has 3 atom stereocenters. The number of carbonyl (C=O) groups excluding carboxylic acids is 1. The Morgan fingerprint density at radius 2 is 1.85 bits per heavy atom. The minimum Gasteiger partial charge on any atom is -0.336 e. The fourth-order valence-electron chi connectivity index (χ4n) is 3.60. The molecule has 1 aliphatic heterocycles. The van der Waals surface area contributed by atoms with Gasteiger partial charge in [0.1, 0.15) is 6.17 Å². The monoisotopic (exact) mass is 417 g/mol. The molecule has 3 rings (SSSR count). The number of rotatable bonds is 7. The summed E-state index contributed by atoms with van der Waals surface area (Å²) in [5.41, 5.74) is 1.19. The van der Waals surface area contributed by atoms with E-state index < -0.39 is 9.96 Å². The lowest BCUT2D eigenvalue weighted by molar-refractivity contribution is -0.123. The fraction of sp³-hybridized carbons (Fsp3) is 0.632. The Bertz CT molecular complexity index is 587. The van der Waals surface area contributed by atoms with Gasteiger partial charge in [0.15, 0.2) is 0 Å². The normalized spacial score (nSPS) is 24.9. The van der Waals surface area contributed by atoms with Crippen molar-refractivity contribution in [3.8, 4) is 0 Å². The number of likely N-dealkylation sites (tertiary alicyclic amines) is 1. The first-order valence-electron chi connectivity index (χ1n) is 9.33. The van der Waals surface area contributed by atoms with Crippen LogP contribution >= 0.6 is 34.8 Å². The molecule has 1 aromatic carbocycles. The molecule has 2 fully saturated rings. The highest BCUT2D eigenvalue weighted by molar-refractivity contribution is 6.68. The van der Waals surface area contributed by atoms with E-state index in [9.17, 15) is 4.79 Å². The predicted molar refractivity (Wildman–Crippen MR) is 108 cm³/mol. The average Bonchev–Trinajstić information content (AvgIpc) is 3.42. The summed E-state index contributed by atoms with van der Waals surface area (Å²) in [6.45, 7) is 3.80. The summed E-state index contributed by atoms with van der Waals surface area (Å²) in [6, 6.07) is 10.1. The Labute approximate surface area is 170 Å². The Morgan fingerprint density at radius 3 is 2.50 bits per heavy atom. The zero-order valence-corrected chi connectivity index (χ0v) is 17.0. The third kappa shape index (κ3) is 5.74. The van der Waals surface area contributed by atoms with Crippen molar-refractivity contribution in [2.24, 2.45) is 5.92 Å². The maximum absolute atomic E-state index is 12.6. The molecule has 0 aromatic heterocycles. The van der Waals surface area contributed by atoms with Crippen molar-refractivity contribution in [3.05, 3.63) is 35.9 Å². The summed E-state index contributed by atoms with van der Waals surface area (Å²) < 4.78 is -1.59. The zero-order chi connectivity index (χ0) is 18.6. The largest absolute Gasteiger partial charge is 0.336 e. The van der Waals surface area contributed by atoms with E-state index in [0.717, 1.165) is 26.1 Å². The quantitative estimate of drug-likeness (QED) is 0.524. The first-order valence-corrected chi connectivity index (χ1v) is 10.5. The van der Waals surface area contributed by atoms with Gasteiger partial charge in [-0.25, -0.2) is 0 Å². The van der Waals surface area contributed by atoms with E-state index in [0.29, 0.717) is 6.54 Å². The van der Waals surface area contributed by atoms with Gasteiger partial charge in [-0.05, 0) is 43.8 Å². The summed E-state index contributed by atoms with van der Waals surface area (Å²) in [5, 5.41) is 6.10. The fourth-order valence-corrected chi connectivity index (χ4v) is 4.00. The molecule has 1 aliphatic carbocycles. The summed E-state index contributed by atoms with van der Waals surface area (Å²) >= 11 is 18.2. The zero-order valence-electron chi connectivity index (χ0n) is 14.8. The van der Waals surface area contributed by atoms with Crippen molar-refractivity contribution in [1.29, 1.82) is 0 Å². The van der Waals surface area contributed by atoms with Gasteiger partial charge in [-0.1, -0.05) is 71.6 Å². The van der Waals surface area contributed by atoms with Crippen LogP contribution in [0.3, 0.4) is 0 Å². The maximum Gasteiger partial charge on any atom is 0.225 e. The van der Waals surface area contributed by atoms with Crippen molar-refractivity contribution in [2.45, 2.75) is 41.6 Å². The van der Waals surface area contributed by atoms with E-state index in [2.05, 4.69) is 27.7 Å². The lowest BCUT2D eigenvalue weighted by Crippen LogP contribution is -2.55. The second-order valence-electron chi connectivity index (χ2n) is 7.20. The Balaban J connectivity index is 1.48. The van der Waals surface area contributed by atoms with Crippen LogP contribution in [0.1, 0.15) is 37.2 Å². The molecule has 0 bridgehead atoms. The van der Waals surface area contributed by atoms with Gasteiger partial charge in [-0.15, -0.1) is 0 Å². The Morgan fingerprint density at radius 1 is 1.15 bits per heavy atom. The number of nitrogens with one attached hydrogen (secondary N) is 2. The second-order valence-corrected chi connectivity index (χ2v) is 9.57. The van der Waals surface area contributed by atoms with Gasteiger partial charge < -0.3 is 10.2 Å². The molecule has 0 radical (unpaired) electrons. The topological polar surface area (TPSA) is 44.4 Å². The van der Waals surface area contributed by atoms with Crippen LogP contribution in [-0.4, -0.2) is 46.9 Å². The van der Waals surface area contributed by atoms with E-state index in [1.54, 1.807) is 0 Å². The number of carbonyl (C=O) groups is 1. The minimum atomic E-state index is -1.59. The summed E-state index contributed by atoms with van der Waals surface area (Å²) in [4.78, 5) is 15.0. The highest BCUT2D eigenvalue weighted by atomic mass is 35.6. The molecule has 0 spiro atoms. The van der Waals surface area contributed by atoms with Crippen molar-refractivity contribution in [3.63, 3.8) is 0 Å². The minimum absolute atomic E-state index is 0.0452. The molecule has 0 unspecified atom stereocenters. The molecule has 7 heteroatoms. The highest BCUT2D eigenvalue weighted by Crippen LogP contribution is 2.47. The Hall–Kier alpha value is -0.520. The van der Waals surface area contributed by atoms with Crippen molar-refractivity contribution >= 4 is 40.7 Å². The molecule has 1 amide bonds. The van der Waals surface area contributed by atoms with E-state index in [1.165, 1.54) is 24.8 Å². The molecule has 26 heavy (non-hydrogen) atoms. The van der Waals surface area contributed by atoms with E-state index in [4.69, 9.17) is 34.8 Å². The van der Waals surface area contributed by atoms with Crippen LogP contribution in [0.4, 0.5) is 0 Å². The highest BCUT2D eigenvalue weighted by Gasteiger charge is 2.45. The molecule has 144 valence electrons. The Kier molecular flexibility index (Phi) is 7.09. The van der Waals surface area contributed by atoms with Gasteiger partial charge in [-0.2, -0.15) is 0 Å². The van der Waals surface area contributed by atoms with E-state index in [-0.39, 0.29) is 17.7 Å². The van der Waals surface area contributed by atoms with Crippen LogP contribution in [0, 0.1) is 5.92 Å². The molecule has 1 saturated carbocycles. The average molecular weight is 419 g/mol. The van der Waals surface area contributed by atoms with Crippen molar-refractivity contribution < 1.29 is 4.79 Å². The first-order chi connectivity index (χ1) is 12.4. The summed E-state index contributed by atoms with van der Waals surface area (Å²) in [7, 11) is 0. The van der Waals surface area contributed by atoms with Crippen LogP contribution < -0.4 is 10.6 Å². The van der Waals surface area contributed by atoms with Gasteiger partial charge in [0.05, 0.1) is 0 Å². The molecule has 2 aliphatic rings.